The number of phenols is 2. The van der Waals surface area contributed by atoms with Gasteiger partial charge in [0.25, 0.3) is 0 Å². The lowest BCUT2D eigenvalue weighted by atomic mass is 9.78. The van der Waals surface area contributed by atoms with E-state index < -0.39 is 17.3 Å². The predicted molar refractivity (Wildman–Crippen MR) is 118 cm³/mol. The second-order valence-electron chi connectivity index (χ2n) is 7.84. The van der Waals surface area contributed by atoms with Gasteiger partial charge in [-0.15, -0.1) is 0 Å². The summed E-state index contributed by atoms with van der Waals surface area (Å²) >= 11 is 0. The van der Waals surface area contributed by atoms with E-state index in [0.717, 1.165) is 18.7 Å². The molecule has 2 aromatic carbocycles. The Morgan fingerprint density at radius 2 is 1.52 bits per heavy atom. The number of rotatable bonds is 6. The molecule has 164 valence electrons. The van der Waals surface area contributed by atoms with Crippen LogP contribution in [0.3, 0.4) is 0 Å². The number of nitrogens with zero attached hydrogens (tertiary/aromatic N) is 1. The third-order valence-electron chi connectivity index (χ3n) is 6.27. The molecule has 0 aromatic heterocycles. The highest BCUT2D eigenvalue weighted by Gasteiger charge is 2.37. The molecular formula is C24H28N2O5. The molecule has 0 radical (unpaired) electrons. The van der Waals surface area contributed by atoms with Crippen LogP contribution in [0.5, 0.6) is 11.5 Å². The minimum Gasteiger partial charge on any atom is -0.507 e. The summed E-state index contributed by atoms with van der Waals surface area (Å²) in [6.45, 7) is 11.4. The molecular weight excluding hydrogens is 396 g/mol. The van der Waals surface area contributed by atoms with Crippen molar-refractivity contribution < 1.29 is 24.6 Å². The summed E-state index contributed by atoms with van der Waals surface area (Å²) in [4.78, 5) is 40.9. The minimum atomic E-state index is -0.634. The number of anilines is 1. The van der Waals surface area contributed by atoms with E-state index in [1.807, 2.05) is 13.8 Å². The first-order valence-corrected chi connectivity index (χ1v) is 10.4. The van der Waals surface area contributed by atoms with Crippen LogP contribution in [0.25, 0.3) is 0 Å². The Bertz CT molecular complexity index is 1100. The van der Waals surface area contributed by atoms with Crippen LogP contribution in [0.2, 0.25) is 0 Å². The molecule has 0 spiro atoms. The maximum absolute atomic E-state index is 13.3. The van der Waals surface area contributed by atoms with E-state index in [1.165, 1.54) is 12.1 Å². The molecule has 31 heavy (non-hydrogen) atoms. The third-order valence-corrected chi connectivity index (χ3v) is 6.27. The fourth-order valence-corrected chi connectivity index (χ4v) is 4.03. The van der Waals surface area contributed by atoms with Crippen molar-refractivity contribution in [3.05, 3.63) is 51.1 Å². The molecule has 7 heteroatoms. The van der Waals surface area contributed by atoms with Crippen LogP contribution >= 0.6 is 0 Å². The number of carbonyl (C=O) groups excluding carboxylic acids is 3. The number of aromatic hydroxyl groups is 2. The smallest absolute Gasteiger partial charge is 0.225 e. The summed E-state index contributed by atoms with van der Waals surface area (Å²) in [7, 11) is 0. The number of phenolic OH excluding ortho intramolecular Hbond substituents is 2. The summed E-state index contributed by atoms with van der Waals surface area (Å²) in [5.41, 5.74) is 1.87. The molecule has 1 aliphatic carbocycles. The van der Waals surface area contributed by atoms with Crippen LogP contribution in [0.15, 0.2) is 12.1 Å². The lowest BCUT2D eigenvalue weighted by molar-refractivity contribution is -0.116. The third kappa shape index (κ3) is 3.70. The Labute approximate surface area is 181 Å². The number of amides is 1. The van der Waals surface area contributed by atoms with Crippen LogP contribution in [0.4, 0.5) is 5.69 Å². The Balaban J connectivity index is 2.00. The number of fused-ring (bicyclic) bond motifs is 2. The van der Waals surface area contributed by atoms with Gasteiger partial charge in [-0.05, 0) is 62.7 Å². The molecule has 0 bridgehead atoms. The van der Waals surface area contributed by atoms with E-state index in [4.69, 9.17) is 0 Å². The average Bonchev–Trinajstić information content (AvgIpc) is 2.75. The molecule has 0 saturated heterocycles. The van der Waals surface area contributed by atoms with Gasteiger partial charge in [0.15, 0.2) is 11.5 Å². The molecule has 1 aliphatic rings. The van der Waals surface area contributed by atoms with Crippen LogP contribution in [0, 0.1) is 20.8 Å². The zero-order chi connectivity index (χ0) is 23.0. The van der Waals surface area contributed by atoms with Crippen molar-refractivity contribution in [3.63, 3.8) is 0 Å². The zero-order valence-electron chi connectivity index (χ0n) is 18.5. The lowest BCUT2D eigenvalue weighted by Crippen LogP contribution is -2.28. The van der Waals surface area contributed by atoms with Gasteiger partial charge in [0, 0.05) is 24.1 Å². The van der Waals surface area contributed by atoms with Crippen molar-refractivity contribution in [2.45, 2.75) is 41.0 Å². The topological polar surface area (TPSA) is 107 Å². The molecule has 2 aromatic rings. The van der Waals surface area contributed by atoms with Gasteiger partial charge in [-0.3, -0.25) is 14.4 Å². The summed E-state index contributed by atoms with van der Waals surface area (Å²) in [6.07, 6.45) is 0.229. The fraction of sp³-hybridized carbons (Fsp3) is 0.375. The molecule has 3 N–H and O–H groups in total. The first-order chi connectivity index (χ1) is 14.6. The van der Waals surface area contributed by atoms with Crippen LogP contribution in [-0.4, -0.2) is 52.2 Å². The van der Waals surface area contributed by atoms with Crippen LogP contribution < -0.4 is 5.32 Å². The van der Waals surface area contributed by atoms with Gasteiger partial charge in [-0.25, -0.2) is 0 Å². The van der Waals surface area contributed by atoms with E-state index in [9.17, 15) is 24.6 Å². The Morgan fingerprint density at radius 1 is 0.871 bits per heavy atom. The van der Waals surface area contributed by atoms with Crippen LogP contribution in [-0.2, 0) is 4.79 Å². The largest absolute Gasteiger partial charge is 0.507 e. The SMILES string of the molecule is CCN(CC)CCC(=O)Nc1ccc2c(c1O)C(=O)c1c(O)c(C)c(C)c(C)c1C2=O. The molecule has 0 saturated carbocycles. The summed E-state index contributed by atoms with van der Waals surface area (Å²) in [5.74, 6) is -2.09. The number of nitrogens with one attached hydrogen (secondary N) is 1. The molecule has 0 atom stereocenters. The molecule has 7 nitrogen and oxygen atoms in total. The van der Waals surface area contributed by atoms with Crippen LogP contribution in [0.1, 0.15) is 68.8 Å². The highest BCUT2D eigenvalue weighted by atomic mass is 16.3. The second kappa shape index (κ2) is 8.51. The van der Waals surface area contributed by atoms with Crippen molar-refractivity contribution in [1.29, 1.82) is 0 Å². The van der Waals surface area contributed by atoms with Crippen molar-refractivity contribution in [1.82, 2.24) is 4.90 Å². The van der Waals surface area contributed by atoms with E-state index in [2.05, 4.69) is 10.2 Å². The molecule has 0 aliphatic heterocycles. The van der Waals surface area contributed by atoms with Gasteiger partial charge in [0.1, 0.15) is 5.75 Å². The Hall–Kier alpha value is -3.19. The normalized spacial score (nSPS) is 12.7. The number of hydrogen-bond acceptors (Lipinski definition) is 6. The van der Waals surface area contributed by atoms with Crippen molar-refractivity contribution in [2.24, 2.45) is 0 Å². The van der Waals surface area contributed by atoms with Gasteiger partial charge in [0.2, 0.25) is 11.7 Å². The maximum atomic E-state index is 13.3. The number of ketones is 2. The van der Waals surface area contributed by atoms with E-state index in [-0.39, 0.29) is 46.0 Å². The van der Waals surface area contributed by atoms with E-state index >= 15 is 0 Å². The summed E-state index contributed by atoms with van der Waals surface area (Å²) in [6, 6.07) is 2.86. The van der Waals surface area contributed by atoms with Gasteiger partial charge in [-0.2, -0.15) is 0 Å². The lowest BCUT2D eigenvalue weighted by Gasteiger charge is -2.24. The van der Waals surface area contributed by atoms with E-state index in [0.29, 0.717) is 17.7 Å². The molecule has 0 fully saturated rings. The second-order valence-corrected chi connectivity index (χ2v) is 7.84. The number of carbonyl (C=O) groups is 3. The zero-order valence-corrected chi connectivity index (χ0v) is 18.5. The fourth-order valence-electron chi connectivity index (χ4n) is 4.03. The first kappa shape index (κ1) is 22.5. The highest BCUT2D eigenvalue weighted by Crippen LogP contribution is 2.43. The molecule has 0 unspecified atom stereocenters. The summed E-state index contributed by atoms with van der Waals surface area (Å²) in [5, 5.41) is 24.0. The Morgan fingerprint density at radius 3 is 2.13 bits per heavy atom. The highest BCUT2D eigenvalue weighted by molar-refractivity contribution is 6.31. The van der Waals surface area contributed by atoms with E-state index in [1.54, 1.807) is 20.8 Å². The maximum Gasteiger partial charge on any atom is 0.225 e. The number of hydrogen-bond donors (Lipinski definition) is 3. The number of benzene rings is 2. The van der Waals surface area contributed by atoms with Gasteiger partial charge in [-0.1, -0.05) is 13.8 Å². The summed E-state index contributed by atoms with van der Waals surface area (Å²) < 4.78 is 0. The van der Waals surface area contributed by atoms with Gasteiger partial charge in [0.05, 0.1) is 16.8 Å². The van der Waals surface area contributed by atoms with Gasteiger partial charge < -0.3 is 20.4 Å². The first-order valence-electron chi connectivity index (χ1n) is 10.4. The quantitative estimate of drug-likeness (QED) is 0.523. The van der Waals surface area contributed by atoms with Crippen molar-refractivity contribution >= 4 is 23.2 Å². The molecule has 0 heterocycles. The monoisotopic (exact) mass is 424 g/mol. The Kier molecular flexibility index (Phi) is 6.18. The average molecular weight is 424 g/mol. The standard InChI is InChI=1S/C24H28N2O5/c1-6-26(7-2)11-10-17(27)25-16-9-8-15-19(23(16)30)24(31)20-18(22(15)29)13(4)12(3)14(5)21(20)28/h8-9,28,30H,6-7,10-11H2,1-5H3,(H,25,27). The van der Waals surface area contributed by atoms with Gasteiger partial charge >= 0.3 is 0 Å². The molecule has 1 amide bonds. The van der Waals surface area contributed by atoms with Crippen molar-refractivity contribution in [3.8, 4) is 11.5 Å². The van der Waals surface area contributed by atoms with Crippen molar-refractivity contribution in [2.75, 3.05) is 25.0 Å². The predicted octanol–water partition coefficient (Wildman–Crippen LogP) is 3.47. The minimum absolute atomic E-state index is 0.0573. The molecule has 3 rings (SSSR count).